The molecule has 0 radical (unpaired) electrons. The van der Waals surface area contributed by atoms with Crippen LogP contribution in [0.25, 0.3) is 44.6 Å². The van der Waals surface area contributed by atoms with E-state index >= 15 is 0 Å². The molecule has 0 saturated heterocycles. The van der Waals surface area contributed by atoms with Crippen LogP contribution in [0.1, 0.15) is 0 Å². The lowest BCUT2D eigenvalue weighted by Gasteiger charge is -2.05. The number of fused-ring (bicyclic) bond motifs is 2. The number of benzene rings is 2. The molecule has 0 amide bonds. The molecule has 0 aliphatic heterocycles. The fraction of sp³-hybridized carbons (Fsp3) is 0.0909. The van der Waals surface area contributed by atoms with Gasteiger partial charge in [-0.05, 0) is 42.0 Å². The van der Waals surface area contributed by atoms with Gasteiger partial charge in [0, 0.05) is 36.7 Å². The Balaban J connectivity index is 1.67. The van der Waals surface area contributed by atoms with Gasteiger partial charge in [-0.2, -0.15) is 0 Å². The maximum atomic E-state index is 11.9. The summed E-state index contributed by atoms with van der Waals surface area (Å²) in [6, 6.07) is 16.6. The Hall–Kier alpha value is -3.45. The molecule has 144 valence electrons. The van der Waals surface area contributed by atoms with E-state index in [1.54, 1.807) is 30.7 Å². The maximum absolute atomic E-state index is 11.9. The van der Waals surface area contributed by atoms with Crippen molar-refractivity contribution in [2.24, 2.45) is 7.05 Å². The Morgan fingerprint density at radius 3 is 2.62 bits per heavy atom. The molecule has 29 heavy (non-hydrogen) atoms. The van der Waals surface area contributed by atoms with Crippen LogP contribution < -0.4 is 0 Å². The summed E-state index contributed by atoms with van der Waals surface area (Å²) in [5.74, 6) is 0.687. The molecule has 7 heteroatoms. The van der Waals surface area contributed by atoms with E-state index in [1.807, 2.05) is 48.0 Å². The van der Waals surface area contributed by atoms with Crippen LogP contribution in [-0.4, -0.2) is 29.2 Å². The molecule has 3 aromatic heterocycles. The fourth-order valence-corrected chi connectivity index (χ4v) is 4.16. The van der Waals surface area contributed by atoms with Crippen LogP contribution in [0.2, 0.25) is 0 Å². The smallest absolute Gasteiger partial charge is 0.175 e. The summed E-state index contributed by atoms with van der Waals surface area (Å²) < 4.78 is 32.0. The third-order valence-corrected chi connectivity index (χ3v) is 6.11. The lowest BCUT2D eigenvalue weighted by atomic mass is 10.1. The Labute approximate surface area is 167 Å². The highest BCUT2D eigenvalue weighted by molar-refractivity contribution is 7.90. The Morgan fingerprint density at radius 2 is 1.79 bits per heavy atom. The predicted molar refractivity (Wildman–Crippen MR) is 112 cm³/mol. The molecule has 0 N–H and O–H groups in total. The number of furan rings is 1. The van der Waals surface area contributed by atoms with Crippen LogP contribution in [0.3, 0.4) is 0 Å². The second kappa shape index (κ2) is 6.28. The van der Waals surface area contributed by atoms with Gasteiger partial charge in [0.05, 0.1) is 22.3 Å². The molecule has 0 aliphatic carbocycles. The second-order valence-corrected chi connectivity index (χ2v) is 9.06. The molecule has 5 rings (SSSR count). The SMILES string of the molecule is Cn1cnc2cc(-c3cc4nccc(-c5cccc(S(C)(=O)=O)c5)c4o3)ccc21. The molecule has 0 fully saturated rings. The summed E-state index contributed by atoms with van der Waals surface area (Å²) >= 11 is 0. The first-order valence-corrected chi connectivity index (χ1v) is 10.9. The molecule has 2 aromatic carbocycles. The minimum atomic E-state index is -3.30. The van der Waals surface area contributed by atoms with Gasteiger partial charge in [0.2, 0.25) is 0 Å². The van der Waals surface area contributed by atoms with Crippen molar-refractivity contribution in [1.82, 2.24) is 14.5 Å². The van der Waals surface area contributed by atoms with E-state index in [1.165, 1.54) is 6.26 Å². The van der Waals surface area contributed by atoms with Crippen molar-refractivity contribution in [2.75, 3.05) is 6.26 Å². The van der Waals surface area contributed by atoms with Crippen molar-refractivity contribution in [1.29, 1.82) is 0 Å². The zero-order valence-corrected chi connectivity index (χ0v) is 16.6. The first-order valence-electron chi connectivity index (χ1n) is 9.01. The number of hydrogen-bond donors (Lipinski definition) is 0. The number of imidazole rings is 1. The van der Waals surface area contributed by atoms with Gasteiger partial charge in [-0.1, -0.05) is 12.1 Å². The first-order chi connectivity index (χ1) is 13.9. The second-order valence-electron chi connectivity index (χ2n) is 7.04. The Morgan fingerprint density at radius 1 is 0.931 bits per heavy atom. The number of pyridine rings is 1. The van der Waals surface area contributed by atoms with Crippen molar-refractivity contribution >= 4 is 32.0 Å². The molecule has 0 atom stereocenters. The number of aromatic nitrogens is 3. The zero-order valence-electron chi connectivity index (χ0n) is 15.8. The van der Waals surface area contributed by atoms with E-state index in [0.29, 0.717) is 16.9 Å². The van der Waals surface area contributed by atoms with Crippen molar-refractivity contribution in [3.05, 3.63) is 67.1 Å². The van der Waals surface area contributed by atoms with Gasteiger partial charge in [0.25, 0.3) is 0 Å². The van der Waals surface area contributed by atoms with Crippen molar-refractivity contribution < 1.29 is 12.8 Å². The van der Waals surface area contributed by atoms with Crippen molar-refractivity contribution in [3.63, 3.8) is 0 Å². The normalized spacial score (nSPS) is 12.1. The van der Waals surface area contributed by atoms with E-state index in [9.17, 15) is 8.42 Å². The zero-order chi connectivity index (χ0) is 20.2. The maximum Gasteiger partial charge on any atom is 0.175 e. The van der Waals surface area contributed by atoms with E-state index in [4.69, 9.17) is 4.42 Å². The molecule has 0 bridgehead atoms. The summed E-state index contributed by atoms with van der Waals surface area (Å²) in [7, 11) is -1.34. The largest absolute Gasteiger partial charge is 0.454 e. The minimum Gasteiger partial charge on any atom is -0.454 e. The van der Waals surface area contributed by atoms with Crippen molar-refractivity contribution in [3.8, 4) is 22.5 Å². The highest BCUT2D eigenvalue weighted by Gasteiger charge is 2.15. The number of sulfone groups is 1. The van der Waals surface area contributed by atoms with Gasteiger partial charge in [-0.25, -0.2) is 13.4 Å². The molecule has 6 nitrogen and oxygen atoms in total. The topological polar surface area (TPSA) is 78.0 Å². The number of hydrogen-bond acceptors (Lipinski definition) is 5. The van der Waals surface area contributed by atoms with Gasteiger partial charge in [-0.15, -0.1) is 0 Å². The number of nitrogens with zero attached hydrogens (tertiary/aromatic N) is 3. The summed E-state index contributed by atoms with van der Waals surface area (Å²) in [6.07, 6.45) is 4.68. The van der Waals surface area contributed by atoms with Gasteiger partial charge in [0.1, 0.15) is 11.3 Å². The quantitative estimate of drug-likeness (QED) is 0.445. The molecule has 0 spiro atoms. The third kappa shape index (κ3) is 3.00. The van der Waals surface area contributed by atoms with E-state index in [-0.39, 0.29) is 4.90 Å². The first kappa shape index (κ1) is 17.6. The third-order valence-electron chi connectivity index (χ3n) is 5.00. The van der Waals surface area contributed by atoms with Gasteiger partial charge >= 0.3 is 0 Å². The number of rotatable bonds is 3. The van der Waals surface area contributed by atoms with E-state index in [2.05, 4.69) is 9.97 Å². The van der Waals surface area contributed by atoms with Crippen molar-refractivity contribution in [2.45, 2.75) is 4.90 Å². The van der Waals surface area contributed by atoms with Crippen LogP contribution in [-0.2, 0) is 16.9 Å². The number of aryl methyl sites for hydroxylation is 1. The van der Waals surface area contributed by atoms with Crippen LogP contribution >= 0.6 is 0 Å². The molecule has 0 aliphatic rings. The predicted octanol–water partition coefficient (Wildman–Crippen LogP) is 4.45. The van der Waals surface area contributed by atoms with Crippen LogP contribution in [0.5, 0.6) is 0 Å². The molecular formula is C22H17N3O3S. The minimum absolute atomic E-state index is 0.271. The Kier molecular flexibility index (Phi) is 3.82. The molecule has 5 aromatic rings. The average molecular weight is 403 g/mol. The van der Waals surface area contributed by atoms with E-state index in [0.717, 1.165) is 27.7 Å². The highest BCUT2D eigenvalue weighted by atomic mass is 32.2. The van der Waals surface area contributed by atoms with Crippen LogP contribution in [0.15, 0.2) is 76.4 Å². The molecular weight excluding hydrogens is 386 g/mol. The standard InChI is InChI=1S/C22H17N3O3S/c1-25-13-24-18-11-15(6-7-20(18)25)21-12-19-22(28-21)17(8-9-23-19)14-4-3-5-16(10-14)29(2,26)27/h3-13H,1-2H3. The molecule has 0 unspecified atom stereocenters. The average Bonchev–Trinajstić information content (AvgIpc) is 3.31. The molecule has 0 saturated carbocycles. The van der Waals surface area contributed by atoms with Gasteiger partial charge < -0.3 is 8.98 Å². The highest BCUT2D eigenvalue weighted by Crippen LogP contribution is 2.35. The van der Waals surface area contributed by atoms with Crippen LogP contribution in [0.4, 0.5) is 0 Å². The van der Waals surface area contributed by atoms with Crippen LogP contribution in [0, 0.1) is 0 Å². The van der Waals surface area contributed by atoms with Gasteiger partial charge in [-0.3, -0.25) is 4.98 Å². The summed E-state index contributed by atoms with van der Waals surface area (Å²) in [5.41, 5.74) is 5.73. The summed E-state index contributed by atoms with van der Waals surface area (Å²) in [4.78, 5) is 9.10. The van der Waals surface area contributed by atoms with Gasteiger partial charge in [0.15, 0.2) is 15.4 Å². The molecule has 3 heterocycles. The van der Waals surface area contributed by atoms with E-state index < -0.39 is 9.84 Å². The lowest BCUT2D eigenvalue weighted by Crippen LogP contribution is -1.96. The monoisotopic (exact) mass is 403 g/mol. The summed E-state index contributed by atoms with van der Waals surface area (Å²) in [6.45, 7) is 0. The summed E-state index contributed by atoms with van der Waals surface area (Å²) in [5, 5.41) is 0. The fourth-order valence-electron chi connectivity index (χ4n) is 3.49. The lowest BCUT2D eigenvalue weighted by molar-refractivity contribution is 0.602. The Bertz CT molecular complexity index is 1500.